The molecule has 2 fully saturated rings. The normalized spacial score (nSPS) is 24.9. The third kappa shape index (κ3) is 4.71. The molecule has 0 unspecified atom stereocenters. The van der Waals surface area contributed by atoms with Crippen molar-refractivity contribution in [3.63, 3.8) is 0 Å². The van der Waals surface area contributed by atoms with E-state index < -0.39 is 0 Å². The fraction of sp³-hybridized carbons (Fsp3) is 1.00. The summed E-state index contributed by atoms with van der Waals surface area (Å²) >= 11 is 0. The smallest absolute Gasteiger partial charge is 0.0593 e. The highest BCUT2D eigenvalue weighted by Gasteiger charge is 2.26. The lowest BCUT2D eigenvalue weighted by atomic mass is 10.0. The second-order valence-electron chi connectivity index (χ2n) is 5.74. The van der Waals surface area contributed by atoms with Crippen LogP contribution in [-0.4, -0.2) is 86.3 Å². The standard InChI is InChI=1S/C15H31N3O/c1-3-16-7-5-15(6-8-16)18-11-9-17(10-12-18)13-14-19-4-2/h15H,3-14H2,1-2H3. The van der Waals surface area contributed by atoms with Gasteiger partial charge in [-0.3, -0.25) is 9.80 Å². The topological polar surface area (TPSA) is 19.0 Å². The molecule has 19 heavy (non-hydrogen) atoms. The molecule has 4 nitrogen and oxygen atoms in total. The Balaban J connectivity index is 1.63. The Labute approximate surface area is 118 Å². The van der Waals surface area contributed by atoms with E-state index in [9.17, 15) is 0 Å². The molecule has 0 N–H and O–H groups in total. The van der Waals surface area contributed by atoms with Crippen LogP contribution >= 0.6 is 0 Å². The van der Waals surface area contributed by atoms with Crippen LogP contribution in [0, 0.1) is 0 Å². The first-order valence-corrected chi connectivity index (χ1v) is 8.10. The molecule has 0 aromatic carbocycles. The summed E-state index contributed by atoms with van der Waals surface area (Å²) in [6, 6.07) is 0.844. The molecule has 2 aliphatic rings. The van der Waals surface area contributed by atoms with Crippen LogP contribution in [0.2, 0.25) is 0 Å². The van der Waals surface area contributed by atoms with Gasteiger partial charge in [-0.1, -0.05) is 6.92 Å². The molecule has 0 aliphatic carbocycles. The van der Waals surface area contributed by atoms with E-state index in [4.69, 9.17) is 4.74 Å². The Morgan fingerprint density at radius 2 is 1.58 bits per heavy atom. The lowest BCUT2D eigenvalue weighted by molar-refractivity contribution is 0.0446. The Morgan fingerprint density at radius 1 is 0.895 bits per heavy atom. The molecule has 0 aromatic rings. The van der Waals surface area contributed by atoms with E-state index in [1.54, 1.807) is 0 Å². The van der Waals surface area contributed by atoms with Gasteiger partial charge in [-0.05, 0) is 39.4 Å². The minimum atomic E-state index is 0.843. The fourth-order valence-corrected chi connectivity index (χ4v) is 3.29. The number of hydrogen-bond acceptors (Lipinski definition) is 4. The van der Waals surface area contributed by atoms with Gasteiger partial charge in [0.2, 0.25) is 0 Å². The SMILES string of the molecule is CCOCCN1CCN(C2CCN(CC)CC2)CC1. The number of piperidine rings is 1. The van der Waals surface area contributed by atoms with Crippen LogP contribution in [0.25, 0.3) is 0 Å². The van der Waals surface area contributed by atoms with Crippen molar-refractivity contribution in [2.24, 2.45) is 0 Å². The van der Waals surface area contributed by atoms with Gasteiger partial charge in [-0.15, -0.1) is 0 Å². The monoisotopic (exact) mass is 269 g/mol. The maximum Gasteiger partial charge on any atom is 0.0593 e. The molecule has 2 aliphatic heterocycles. The number of rotatable bonds is 6. The Kier molecular flexibility index (Phi) is 6.57. The van der Waals surface area contributed by atoms with Crippen LogP contribution in [-0.2, 0) is 4.74 Å². The summed E-state index contributed by atoms with van der Waals surface area (Å²) in [4.78, 5) is 7.85. The van der Waals surface area contributed by atoms with Gasteiger partial charge in [0, 0.05) is 45.4 Å². The van der Waals surface area contributed by atoms with Gasteiger partial charge in [0.1, 0.15) is 0 Å². The molecule has 2 saturated heterocycles. The van der Waals surface area contributed by atoms with Crippen molar-refractivity contribution >= 4 is 0 Å². The molecule has 0 saturated carbocycles. The van der Waals surface area contributed by atoms with Gasteiger partial charge in [0.25, 0.3) is 0 Å². The van der Waals surface area contributed by atoms with Crippen LogP contribution in [0.3, 0.4) is 0 Å². The third-order valence-corrected chi connectivity index (χ3v) is 4.68. The summed E-state index contributed by atoms with van der Waals surface area (Å²) in [6.07, 6.45) is 2.74. The predicted octanol–water partition coefficient (Wildman–Crippen LogP) is 1.12. The van der Waals surface area contributed by atoms with Crippen molar-refractivity contribution in [1.29, 1.82) is 0 Å². The van der Waals surface area contributed by atoms with Crippen molar-refractivity contribution in [2.75, 3.05) is 65.6 Å². The number of piperazine rings is 1. The van der Waals surface area contributed by atoms with Crippen molar-refractivity contribution in [3.8, 4) is 0 Å². The number of ether oxygens (including phenoxy) is 1. The van der Waals surface area contributed by atoms with Gasteiger partial charge < -0.3 is 9.64 Å². The third-order valence-electron chi connectivity index (χ3n) is 4.68. The molecule has 0 radical (unpaired) electrons. The van der Waals surface area contributed by atoms with Crippen molar-refractivity contribution in [2.45, 2.75) is 32.7 Å². The van der Waals surface area contributed by atoms with Gasteiger partial charge >= 0.3 is 0 Å². The minimum absolute atomic E-state index is 0.843. The molecule has 0 atom stereocenters. The fourth-order valence-electron chi connectivity index (χ4n) is 3.29. The average molecular weight is 269 g/mol. The van der Waals surface area contributed by atoms with Crippen LogP contribution < -0.4 is 0 Å². The predicted molar refractivity (Wildman–Crippen MR) is 79.6 cm³/mol. The van der Waals surface area contributed by atoms with E-state index in [1.165, 1.54) is 58.7 Å². The summed E-state index contributed by atoms with van der Waals surface area (Å²) in [7, 11) is 0. The zero-order valence-corrected chi connectivity index (χ0v) is 12.8. The summed E-state index contributed by atoms with van der Waals surface area (Å²) in [6.45, 7) is 16.0. The lowest BCUT2D eigenvalue weighted by Gasteiger charge is -2.42. The van der Waals surface area contributed by atoms with Crippen LogP contribution in [0.4, 0.5) is 0 Å². The molecule has 0 spiro atoms. The summed E-state index contributed by atoms with van der Waals surface area (Å²) in [5, 5.41) is 0. The quantitative estimate of drug-likeness (QED) is 0.673. The summed E-state index contributed by atoms with van der Waals surface area (Å²) < 4.78 is 5.44. The molecule has 4 heteroatoms. The first-order chi connectivity index (χ1) is 9.33. The summed E-state index contributed by atoms with van der Waals surface area (Å²) in [5.41, 5.74) is 0. The van der Waals surface area contributed by atoms with Gasteiger partial charge in [-0.2, -0.15) is 0 Å². The number of nitrogens with zero attached hydrogens (tertiary/aromatic N) is 3. The van der Waals surface area contributed by atoms with Crippen molar-refractivity contribution < 1.29 is 4.74 Å². The summed E-state index contributed by atoms with van der Waals surface area (Å²) in [5.74, 6) is 0. The van der Waals surface area contributed by atoms with E-state index >= 15 is 0 Å². The molecule has 2 heterocycles. The Morgan fingerprint density at radius 3 is 2.16 bits per heavy atom. The van der Waals surface area contributed by atoms with Crippen LogP contribution in [0.15, 0.2) is 0 Å². The van der Waals surface area contributed by atoms with E-state index in [-0.39, 0.29) is 0 Å². The molecular formula is C15H31N3O. The highest BCUT2D eigenvalue weighted by molar-refractivity contribution is 4.83. The van der Waals surface area contributed by atoms with E-state index in [1.807, 2.05) is 0 Å². The average Bonchev–Trinajstić information content (AvgIpc) is 2.48. The molecule has 0 bridgehead atoms. The van der Waals surface area contributed by atoms with Gasteiger partial charge in [0.05, 0.1) is 6.61 Å². The van der Waals surface area contributed by atoms with Gasteiger partial charge in [0.15, 0.2) is 0 Å². The number of likely N-dealkylation sites (tertiary alicyclic amines) is 1. The molecule has 112 valence electrons. The molecular weight excluding hydrogens is 238 g/mol. The van der Waals surface area contributed by atoms with Crippen LogP contribution in [0.5, 0.6) is 0 Å². The van der Waals surface area contributed by atoms with E-state index in [0.717, 1.165) is 25.8 Å². The Bertz CT molecular complexity index is 234. The second kappa shape index (κ2) is 8.20. The van der Waals surface area contributed by atoms with E-state index in [2.05, 4.69) is 28.5 Å². The van der Waals surface area contributed by atoms with Crippen molar-refractivity contribution in [3.05, 3.63) is 0 Å². The molecule has 0 amide bonds. The zero-order chi connectivity index (χ0) is 13.5. The van der Waals surface area contributed by atoms with E-state index in [0.29, 0.717) is 0 Å². The second-order valence-corrected chi connectivity index (χ2v) is 5.74. The lowest BCUT2D eigenvalue weighted by Crippen LogP contribution is -2.53. The van der Waals surface area contributed by atoms with Gasteiger partial charge in [-0.25, -0.2) is 0 Å². The zero-order valence-electron chi connectivity index (χ0n) is 12.8. The highest BCUT2D eigenvalue weighted by atomic mass is 16.5. The van der Waals surface area contributed by atoms with Crippen LogP contribution in [0.1, 0.15) is 26.7 Å². The maximum atomic E-state index is 5.44. The maximum absolute atomic E-state index is 5.44. The highest BCUT2D eigenvalue weighted by Crippen LogP contribution is 2.17. The molecule has 2 rings (SSSR count). The number of hydrogen-bond donors (Lipinski definition) is 0. The van der Waals surface area contributed by atoms with Crippen molar-refractivity contribution in [1.82, 2.24) is 14.7 Å². The first-order valence-electron chi connectivity index (χ1n) is 8.10. The largest absolute Gasteiger partial charge is 0.380 e. The first kappa shape index (κ1) is 15.2. The Hall–Kier alpha value is -0.160. The minimum Gasteiger partial charge on any atom is -0.380 e. The molecule has 0 aromatic heterocycles.